The van der Waals surface area contributed by atoms with Gasteiger partial charge in [-0.05, 0) is 60.9 Å². The molecule has 3 aromatic rings. The van der Waals surface area contributed by atoms with Crippen molar-refractivity contribution in [2.75, 3.05) is 5.32 Å². The van der Waals surface area contributed by atoms with Crippen LogP contribution in [0.5, 0.6) is 11.6 Å². The number of pyridine rings is 1. The van der Waals surface area contributed by atoms with Crippen LogP contribution in [-0.2, 0) is 13.0 Å². The summed E-state index contributed by atoms with van der Waals surface area (Å²) in [5.74, 6) is 0.822. The number of carbonyl (C=O) groups is 1. The molecule has 0 unspecified atom stereocenters. The molecule has 1 amide bonds. The summed E-state index contributed by atoms with van der Waals surface area (Å²) in [6.45, 7) is 4.39. The average Bonchev–Trinajstić information content (AvgIpc) is 2.67. The first-order valence-electron chi connectivity index (χ1n) is 8.93. The summed E-state index contributed by atoms with van der Waals surface area (Å²) in [4.78, 5) is 16.9. The summed E-state index contributed by atoms with van der Waals surface area (Å²) in [5, 5.41) is 2.92. The molecule has 5 nitrogen and oxygen atoms in total. The molecule has 27 heavy (non-hydrogen) atoms. The minimum atomic E-state index is -0.187. The van der Waals surface area contributed by atoms with Gasteiger partial charge in [0.2, 0.25) is 5.88 Å². The highest BCUT2D eigenvalue weighted by atomic mass is 16.5. The second-order valence-electron chi connectivity index (χ2n) is 6.30. The number of hydrogen-bond donors (Lipinski definition) is 2. The molecule has 0 radical (unpaired) electrons. The summed E-state index contributed by atoms with van der Waals surface area (Å²) in [7, 11) is 0. The molecule has 2 aromatic carbocycles. The maximum Gasteiger partial charge on any atom is 0.255 e. The van der Waals surface area contributed by atoms with Gasteiger partial charge in [-0.2, -0.15) is 0 Å². The quantitative estimate of drug-likeness (QED) is 0.680. The molecule has 5 heteroatoms. The minimum absolute atomic E-state index is 0.187. The summed E-state index contributed by atoms with van der Waals surface area (Å²) < 4.78 is 5.83. The maximum absolute atomic E-state index is 12.6. The van der Waals surface area contributed by atoms with E-state index < -0.39 is 0 Å². The number of aryl methyl sites for hydroxylation is 2. The van der Waals surface area contributed by atoms with Crippen molar-refractivity contribution >= 4 is 11.6 Å². The van der Waals surface area contributed by atoms with Gasteiger partial charge < -0.3 is 15.8 Å². The first-order chi connectivity index (χ1) is 13.1. The first kappa shape index (κ1) is 18.6. The standard InChI is InChI=1S/C22H23N3O2/c1-3-16-6-4-8-19(11-16)25-22(26)18-7-5-9-20(13-18)27-21-12-17(14-23)10-15(2)24-21/h4-13H,3,14,23H2,1-2H3,(H,25,26). The van der Waals surface area contributed by atoms with Crippen molar-refractivity contribution in [2.45, 2.75) is 26.8 Å². The predicted octanol–water partition coefficient (Wildman–Crippen LogP) is 4.46. The number of anilines is 1. The first-order valence-corrected chi connectivity index (χ1v) is 8.93. The number of nitrogens with two attached hydrogens (primary N) is 1. The van der Waals surface area contributed by atoms with Gasteiger partial charge in [-0.1, -0.05) is 25.1 Å². The third-order valence-corrected chi connectivity index (χ3v) is 4.14. The van der Waals surface area contributed by atoms with E-state index in [1.807, 2.05) is 37.3 Å². The molecule has 0 bridgehead atoms. The summed E-state index contributed by atoms with van der Waals surface area (Å²) in [6.07, 6.45) is 0.918. The summed E-state index contributed by atoms with van der Waals surface area (Å²) in [6, 6.07) is 18.6. The fourth-order valence-electron chi connectivity index (χ4n) is 2.77. The third kappa shape index (κ3) is 4.92. The van der Waals surface area contributed by atoms with Crippen LogP contribution >= 0.6 is 0 Å². The van der Waals surface area contributed by atoms with Gasteiger partial charge in [-0.15, -0.1) is 0 Å². The monoisotopic (exact) mass is 361 g/mol. The Morgan fingerprint density at radius 1 is 1.07 bits per heavy atom. The molecule has 0 fully saturated rings. The number of amides is 1. The summed E-state index contributed by atoms with van der Waals surface area (Å²) in [5.41, 5.74) is 9.94. The van der Waals surface area contributed by atoms with Crippen LogP contribution in [-0.4, -0.2) is 10.9 Å². The maximum atomic E-state index is 12.6. The number of rotatable bonds is 6. The van der Waals surface area contributed by atoms with Crippen LogP contribution in [0, 0.1) is 6.92 Å². The lowest BCUT2D eigenvalue weighted by Gasteiger charge is -2.10. The van der Waals surface area contributed by atoms with Crippen LogP contribution in [0.15, 0.2) is 60.7 Å². The molecule has 0 saturated carbocycles. The molecule has 0 atom stereocenters. The highest BCUT2D eigenvalue weighted by Gasteiger charge is 2.09. The van der Waals surface area contributed by atoms with Gasteiger partial charge in [0, 0.05) is 29.6 Å². The zero-order valence-electron chi connectivity index (χ0n) is 15.5. The minimum Gasteiger partial charge on any atom is -0.439 e. The lowest BCUT2D eigenvalue weighted by Crippen LogP contribution is -2.12. The Morgan fingerprint density at radius 3 is 2.67 bits per heavy atom. The van der Waals surface area contributed by atoms with Crippen LogP contribution < -0.4 is 15.8 Å². The molecule has 1 heterocycles. The van der Waals surface area contributed by atoms with E-state index in [1.54, 1.807) is 30.3 Å². The van der Waals surface area contributed by atoms with Crippen LogP contribution in [0.4, 0.5) is 5.69 Å². The SMILES string of the molecule is CCc1cccc(NC(=O)c2cccc(Oc3cc(CN)cc(C)n3)c2)c1. The lowest BCUT2D eigenvalue weighted by atomic mass is 10.1. The van der Waals surface area contributed by atoms with Crippen molar-refractivity contribution in [1.82, 2.24) is 4.98 Å². The van der Waals surface area contributed by atoms with Crippen molar-refractivity contribution in [1.29, 1.82) is 0 Å². The highest BCUT2D eigenvalue weighted by molar-refractivity contribution is 6.04. The predicted molar refractivity (Wildman–Crippen MR) is 107 cm³/mol. The number of ether oxygens (including phenoxy) is 1. The van der Waals surface area contributed by atoms with Gasteiger partial charge in [0.15, 0.2) is 0 Å². The Kier molecular flexibility index (Phi) is 5.84. The lowest BCUT2D eigenvalue weighted by molar-refractivity contribution is 0.102. The van der Waals surface area contributed by atoms with Gasteiger partial charge in [-0.3, -0.25) is 4.79 Å². The zero-order valence-corrected chi connectivity index (χ0v) is 15.5. The van der Waals surface area contributed by atoms with Crippen molar-refractivity contribution in [3.8, 4) is 11.6 Å². The van der Waals surface area contributed by atoms with Gasteiger partial charge in [0.25, 0.3) is 5.91 Å². The molecular formula is C22H23N3O2. The molecule has 0 aliphatic heterocycles. The van der Waals surface area contributed by atoms with Gasteiger partial charge in [-0.25, -0.2) is 4.98 Å². The molecular weight excluding hydrogens is 338 g/mol. The zero-order chi connectivity index (χ0) is 19.2. The highest BCUT2D eigenvalue weighted by Crippen LogP contribution is 2.23. The number of carbonyl (C=O) groups excluding carboxylic acids is 1. The molecule has 0 spiro atoms. The van der Waals surface area contributed by atoms with E-state index in [1.165, 1.54) is 5.56 Å². The average molecular weight is 361 g/mol. The number of hydrogen-bond acceptors (Lipinski definition) is 4. The van der Waals surface area contributed by atoms with E-state index in [0.717, 1.165) is 23.4 Å². The smallest absolute Gasteiger partial charge is 0.255 e. The van der Waals surface area contributed by atoms with Crippen molar-refractivity contribution in [2.24, 2.45) is 5.73 Å². The van der Waals surface area contributed by atoms with E-state index in [0.29, 0.717) is 23.7 Å². The molecule has 0 aliphatic rings. The Balaban J connectivity index is 1.76. The molecule has 1 aromatic heterocycles. The molecule has 0 saturated heterocycles. The number of nitrogens with zero attached hydrogens (tertiary/aromatic N) is 1. The summed E-state index contributed by atoms with van der Waals surface area (Å²) >= 11 is 0. The Morgan fingerprint density at radius 2 is 1.89 bits per heavy atom. The molecule has 3 N–H and O–H groups in total. The normalized spacial score (nSPS) is 10.5. The molecule has 3 rings (SSSR count). The number of benzene rings is 2. The van der Waals surface area contributed by atoms with Gasteiger partial charge in [0.1, 0.15) is 5.75 Å². The van der Waals surface area contributed by atoms with E-state index >= 15 is 0 Å². The van der Waals surface area contributed by atoms with Gasteiger partial charge in [0.05, 0.1) is 0 Å². The molecule has 0 aliphatic carbocycles. The number of aromatic nitrogens is 1. The van der Waals surface area contributed by atoms with Crippen molar-refractivity contribution in [3.63, 3.8) is 0 Å². The van der Waals surface area contributed by atoms with E-state index in [4.69, 9.17) is 10.5 Å². The number of nitrogens with one attached hydrogen (secondary N) is 1. The van der Waals surface area contributed by atoms with Crippen LogP contribution in [0.2, 0.25) is 0 Å². The van der Waals surface area contributed by atoms with Crippen molar-refractivity contribution in [3.05, 3.63) is 83.0 Å². The van der Waals surface area contributed by atoms with Crippen LogP contribution in [0.25, 0.3) is 0 Å². The van der Waals surface area contributed by atoms with Crippen LogP contribution in [0.3, 0.4) is 0 Å². The van der Waals surface area contributed by atoms with E-state index in [2.05, 4.69) is 17.2 Å². The topological polar surface area (TPSA) is 77.2 Å². The van der Waals surface area contributed by atoms with Gasteiger partial charge >= 0.3 is 0 Å². The molecule has 138 valence electrons. The largest absolute Gasteiger partial charge is 0.439 e. The van der Waals surface area contributed by atoms with E-state index in [-0.39, 0.29) is 5.91 Å². The Bertz CT molecular complexity index is 954. The fraction of sp³-hybridized carbons (Fsp3) is 0.182. The Labute approximate surface area is 159 Å². The third-order valence-electron chi connectivity index (χ3n) is 4.14. The second-order valence-corrected chi connectivity index (χ2v) is 6.30. The van der Waals surface area contributed by atoms with E-state index in [9.17, 15) is 4.79 Å². The fourth-order valence-corrected chi connectivity index (χ4v) is 2.77. The van der Waals surface area contributed by atoms with Crippen LogP contribution in [0.1, 0.15) is 34.1 Å². The second kappa shape index (κ2) is 8.47. The van der Waals surface area contributed by atoms with Crippen molar-refractivity contribution < 1.29 is 9.53 Å². The Hall–Kier alpha value is -3.18.